The van der Waals surface area contributed by atoms with Crippen LogP contribution < -0.4 is 20.7 Å². The number of hydrogen-bond acceptors (Lipinski definition) is 4. The number of carbonyl (C=O) groups excluding carboxylic acids is 2. The molecule has 18 heavy (non-hydrogen) atoms. The number of hydrogen-bond donors (Lipinski definition) is 3. The highest BCUT2D eigenvalue weighted by molar-refractivity contribution is 6.00. The Morgan fingerprint density at radius 1 is 1.33 bits per heavy atom. The maximum atomic E-state index is 11.5. The molecule has 1 fully saturated rings. The van der Waals surface area contributed by atoms with Crippen molar-refractivity contribution < 1.29 is 14.3 Å². The minimum absolute atomic E-state index is 0.276. The summed E-state index contributed by atoms with van der Waals surface area (Å²) >= 11 is 0. The van der Waals surface area contributed by atoms with Crippen LogP contribution in [-0.2, 0) is 4.79 Å². The average Bonchev–Trinajstić information content (AvgIpc) is 2.35. The number of ether oxygens (including phenoxy) is 1. The molecular weight excluding hydrogens is 234 g/mol. The summed E-state index contributed by atoms with van der Waals surface area (Å²) in [6.45, 7) is 2.81. The molecule has 1 aromatic carbocycles. The molecule has 0 aliphatic carbocycles. The zero-order valence-electron chi connectivity index (χ0n) is 10.0. The van der Waals surface area contributed by atoms with Crippen LogP contribution >= 0.6 is 0 Å². The molecule has 1 aromatic rings. The van der Waals surface area contributed by atoms with E-state index in [4.69, 9.17) is 4.74 Å². The van der Waals surface area contributed by atoms with Crippen LogP contribution in [0.2, 0.25) is 0 Å². The summed E-state index contributed by atoms with van der Waals surface area (Å²) in [6, 6.07) is 6.39. The first kappa shape index (κ1) is 12.2. The van der Waals surface area contributed by atoms with E-state index in [-0.39, 0.29) is 12.5 Å². The smallest absolute Gasteiger partial charge is 0.321 e. The third kappa shape index (κ3) is 2.91. The van der Waals surface area contributed by atoms with Crippen LogP contribution in [0.15, 0.2) is 24.3 Å². The maximum Gasteiger partial charge on any atom is 0.321 e. The molecular formula is C12H15N3O3. The molecule has 0 bridgehead atoms. The maximum absolute atomic E-state index is 11.5. The summed E-state index contributed by atoms with van der Waals surface area (Å²) in [6.07, 6.45) is 0. The van der Waals surface area contributed by atoms with Gasteiger partial charge in [0, 0.05) is 12.2 Å². The molecule has 1 unspecified atom stereocenters. The lowest BCUT2D eigenvalue weighted by Gasteiger charge is -2.23. The van der Waals surface area contributed by atoms with Crippen molar-refractivity contribution in [3.05, 3.63) is 24.3 Å². The van der Waals surface area contributed by atoms with Gasteiger partial charge in [-0.25, -0.2) is 4.79 Å². The number of carbonyl (C=O) groups is 2. The zero-order valence-corrected chi connectivity index (χ0v) is 10.0. The summed E-state index contributed by atoms with van der Waals surface area (Å²) in [7, 11) is 0. The van der Waals surface area contributed by atoms with Crippen molar-refractivity contribution in [2.75, 3.05) is 18.5 Å². The van der Waals surface area contributed by atoms with Gasteiger partial charge in [0.2, 0.25) is 0 Å². The molecule has 1 aliphatic rings. The van der Waals surface area contributed by atoms with Gasteiger partial charge in [-0.3, -0.25) is 10.1 Å². The lowest BCUT2D eigenvalue weighted by molar-refractivity contribution is -0.121. The fourth-order valence-corrected chi connectivity index (χ4v) is 1.66. The summed E-state index contributed by atoms with van der Waals surface area (Å²) in [5.74, 6) is 0.456. The Kier molecular flexibility index (Phi) is 3.66. The van der Waals surface area contributed by atoms with E-state index in [0.717, 1.165) is 11.4 Å². The van der Waals surface area contributed by atoms with Gasteiger partial charge in [-0.15, -0.1) is 0 Å². The van der Waals surface area contributed by atoms with Gasteiger partial charge in [0.05, 0.1) is 6.61 Å². The molecule has 6 heteroatoms. The zero-order chi connectivity index (χ0) is 13.0. The molecule has 0 radical (unpaired) electrons. The van der Waals surface area contributed by atoms with Crippen molar-refractivity contribution >= 4 is 17.6 Å². The van der Waals surface area contributed by atoms with Crippen LogP contribution in [0.3, 0.4) is 0 Å². The summed E-state index contributed by atoms with van der Waals surface area (Å²) < 4.78 is 5.32. The average molecular weight is 249 g/mol. The second kappa shape index (κ2) is 5.39. The molecule has 3 N–H and O–H groups in total. The molecule has 1 atom stereocenters. The van der Waals surface area contributed by atoms with Gasteiger partial charge in [-0.2, -0.15) is 0 Å². The van der Waals surface area contributed by atoms with Crippen molar-refractivity contribution in [2.45, 2.75) is 13.0 Å². The van der Waals surface area contributed by atoms with Gasteiger partial charge in [0.25, 0.3) is 5.91 Å². The van der Waals surface area contributed by atoms with E-state index in [9.17, 15) is 9.59 Å². The number of benzene rings is 1. The Bertz CT molecular complexity index is 444. The number of amides is 3. The van der Waals surface area contributed by atoms with Gasteiger partial charge >= 0.3 is 6.03 Å². The van der Waals surface area contributed by atoms with Crippen molar-refractivity contribution in [3.8, 4) is 5.75 Å². The second-order valence-corrected chi connectivity index (χ2v) is 3.85. The molecule has 0 aromatic heterocycles. The highest BCUT2D eigenvalue weighted by Crippen LogP contribution is 2.16. The molecule has 96 valence electrons. The van der Waals surface area contributed by atoms with Crippen molar-refractivity contribution in [3.63, 3.8) is 0 Å². The van der Waals surface area contributed by atoms with Crippen LogP contribution in [0, 0.1) is 0 Å². The molecule has 0 saturated carbocycles. The van der Waals surface area contributed by atoms with E-state index < -0.39 is 12.1 Å². The molecule has 6 nitrogen and oxygen atoms in total. The minimum Gasteiger partial charge on any atom is -0.494 e. The van der Waals surface area contributed by atoms with E-state index in [1.807, 2.05) is 31.2 Å². The molecule has 1 heterocycles. The SMILES string of the molecule is CCOc1ccc(NC2CNC(=O)NC2=O)cc1. The number of urea groups is 1. The largest absolute Gasteiger partial charge is 0.494 e. The van der Waals surface area contributed by atoms with Crippen LogP contribution in [0.5, 0.6) is 5.75 Å². The fraction of sp³-hybridized carbons (Fsp3) is 0.333. The first-order chi connectivity index (χ1) is 8.69. The summed E-state index contributed by atoms with van der Waals surface area (Å²) in [4.78, 5) is 22.4. The van der Waals surface area contributed by atoms with Crippen molar-refractivity contribution in [1.82, 2.24) is 10.6 Å². The minimum atomic E-state index is -0.458. The third-order valence-electron chi connectivity index (χ3n) is 2.53. The molecule has 0 spiro atoms. The first-order valence-corrected chi connectivity index (χ1v) is 5.77. The number of imide groups is 1. The van der Waals surface area contributed by atoms with Crippen molar-refractivity contribution in [2.24, 2.45) is 0 Å². The lowest BCUT2D eigenvalue weighted by atomic mass is 10.2. The van der Waals surface area contributed by atoms with Gasteiger partial charge in [0.1, 0.15) is 11.8 Å². The highest BCUT2D eigenvalue weighted by atomic mass is 16.5. The van der Waals surface area contributed by atoms with Gasteiger partial charge in [-0.1, -0.05) is 0 Å². The molecule has 1 aliphatic heterocycles. The van der Waals surface area contributed by atoms with Crippen LogP contribution in [0.1, 0.15) is 6.92 Å². The summed E-state index contributed by atoms with van der Waals surface area (Å²) in [5.41, 5.74) is 0.801. The van der Waals surface area contributed by atoms with Crippen LogP contribution in [0.25, 0.3) is 0 Å². The normalized spacial score (nSPS) is 18.8. The number of anilines is 1. The standard InChI is InChI=1S/C12H15N3O3/c1-2-18-9-5-3-8(4-6-9)14-10-7-13-12(17)15-11(10)16/h3-6,10,14H,2,7H2,1H3,(H2,13,15,16,17). The Morgan fingerprint density at radius 3 is 2.67 bits per heavy atom. The number of rotatable bonds is 4. The third-order valence-corrected chi connectivity index (χ3v) is 2.53. The lowest BCUT2D eigenvalue weighted by Crippen LogP contribution is -2.57. The quantitative estimate of drug-likeness (QED) is 0.734. The van der Waals surface area contributed by atoms with Gasteiger partial charge in [-0.05, 0) is 31.2 Å². The Hall–Kier alpha value is -2.24. The Balaban J connectivity index is 1.96. The number of nitrogens with one attached hydrogen (secondary N) is 3. The van der Waals surface area contributed by atoms with Crippen LogP contribution in [0.4, 0.5) is 10.5 Å². The van der Waals surface area contributed by atoms with E-state index in [1.165, 1.54) is 0 Å². The fourth-order valence-electron chi connectivity index (χ4n) is 1.66. The topological polar surface area (TPSA) is 79.5 Å². The van der Waals surface area contributed by atoms with E-state index >= 15 is 0 Å². The predicted molar refractivity (Wildman–Crippen MR) is 66.6 cm³/mol. The molecule has 3 amide bonds. The second-order valence-electron chi connectivity index (χ2n) is 3.85. The molecule has 2 rings (SSSR count). The molecule has 1 saturated heterocycles. The van der Waals surface area contributed by atoms with E-state index in [0.29, 0.717) is 6.61 Å². The van der Waals surface area contributed by atoms with Gasteiger partial charge < -0.3 is 15.4 Å². The highest BCUT2D eigenvalue weighted by Gasteiger charge is 2.25. The monoisotopic (exact) mass is 249 g/mol. The van der Waals surface area contributed by atoms with Crippen LogP contribution in [-0.4, -0.2) is 31.1 Å². The van der Waals surface area contributed by atoms with E-state index in [1.54, 1.807) is 0 Å². The van der Waals surface area contributed by atoms with Gasteiger partial charge in [0.15, 0.2) is 0 Å². The Labute approximate surface area is 105 Å². The van der Waals surface area contributed by atoms with Crippen molar-refractivity contribution in [1.29, 1.82) is 0 Å². The van der Waals surface area contributed by atoms with E-state index in [2.05, 4.69) is 16.0 Å². The predicted octanol–water partition coefficient (Wildman–Crippen LogP) is 0.705. The first-order valence-electron chi connectivity index (χ1n) is 5.77. The Morgan fingerprint density at radius 2 is 2.06 bits per heavy atom. The summed E-state index contributed by atoms with van der Waals surface area (Å²) in [5, 5.41) is 7.80.